The number of nitriles is 1. The summed E-state index contributed by atoms with van der Waals surface area (Å²) in [5, 5.41) is 12.3. The number of nitrogens with zero attached hydrogens (tertiary/aromatic N) is 7. The molecule has 48 heavy (non-hydrogen) atoms. The van der Waals surface area contributed by atoms with Crippen molar-refractivity contribution in [1.29, 1.82) is 5.26 Å². The molecule has 0 saturated carbocycles. The van der Waals surface area contributed by atoms with Crippen molar-refractivity contribution < 1.29 is 14.3 Å². The van der Waals surface area contributed by atoms with E-state index in [-0.39, 0.29) is 19.1 Å². The fourth-order valence-corrected chi connectivity index (χ4v) is 7.41. The molecule has 2 fully saturated rings. The molecule has 3 aromatic carbocycles. The number of likely N-dealkylation sites (N-methyl/N-ethyl adjacent to an activating group) is 1. The molecule has 0 bridgehead atoms. The molecule has 0 N–H and O–H groups in total. The van der Waals surface area contributed by atoms with Gasteiger partial charge < -0.3 is 29.1 Å². The Morgan fingerprint density at radius 2 is 1.79 bits per heavy atom. The number of amides is 1. The zero-order valence-corrected chi connectivity index (χ0v) is 27.8. The molecular weight excluding hydrogens is 602 g/mol. The molecule has 4 aromatic rings. The predicted octanol–water partition coefficient (Wildman–Crippen LogP) is 5.72. The van der Waals surface area contributed by atoms with Gasteiger partial charge in [0.25, 0.3) is 0 Å². The number of piperazine rings is 1. The highest BCUT2D eigenvalue weighted by molar-refractivity contribution is 5.97. The van der Waals surface area contributed by atoms with E-state index >= 15 is 0 Å². The number of carbonyl (C=O) groups excluding carboxylic acids is 1. The van der Waals surface area contributed by atoms with E-state index in [0.29, 0.717) is 44.8 Å². The molecule has 248 valence electrons. The second-order valence-corrected chi connectivity index (χ2v) is 13.2. The summed E-state index contributed by atoms with van der Waals surface area (Å²) in [6.45, 7) is 6.93. The summed E-state index contributed by atoms with van der Waals surface area (Å²) in [6.07, 6.45) is 2.84. The Morgan fingerprint density at radius 3 is 2.58 bits per heavy atom. The summed E-state index contributed by atoms with van der Waals surface area (Å²) in [4.78, 5) is 32.0. The van der Waals surface area contributed by atoms with Gasteiger partial charge in [-0.05, 0) is 55.9 Å². The van der Waals surface area contributed by atoms with Crippen LogP contribution in [0.5, 0.6) is 6.01 Å². The van der Waals surface area contributed by atoms with Crippen LogP contribution in [0.25, 0.3) is 10.8 Å². The maximum Gasteiger partial charge on any atom is 0.410 e. The van der Waals surface area contributed by atoms with Crippen molar-refractivity contribution in [2.45, 2.75) is 57.8 Å². The molecule has 7 rings (SSSR count). The van der Waals surface area contributed by atoms with Gasteiger partial charge in [-0.15, -0.1) is 0 Å². The Balaban J connectivity index is 1.17. The maximum absolute atomic E-state index is 13.3. The number of ether oxygens (including phenoxy) is 2. The maximum atomic E-state index is 13.3. The van der Waals surface area contributed by atoms with Crippen molar-refractivity contribution in [3.63, 3.8) is 0 Å². The van der Waals surface area contributed by atoms with Crippen molar-refractivity contribution >= 4 is 28.4 Å². The molecule has 10 heteroatoms. The van der Waals surface area contributed by atoms with Crippen LogP contribution in [0.3, 0.4) is 0 Å². The highest BCUT2D eigenvalue weighted by atomic mass is 16.6. The van der Waals surface area contributed by atoms with Gasteiger partial charge in [-0.3, -0.25) is 0 Å². The SMILES string of the molecule is Cc1cccc2cccc(N3CCc4nc(OC[C@@H]5CCCN5C)nc(N5CCN(C(=O)OCc6ccccc6)[C@@H](CC#N)C5)c4C3)c12. The van der Waals surface area contributed by atoms with E-state index in [1.807, 2.05) is 30.3 Å². The van der Waals surface area contributed by atoms with Crippen LogP contribution < -0.4 is 14.5 Å². The van der Waals surface area contributed by atoms with Crippen molar-refractivity contribution in [3.8, 4) is 12.1 Å². The molecule has 1 amide bonds. The molecule has 0 unspecified atom stereocenters. The minimum absolute atomic E-state index is 0.193. The van der Waals surface area contributed by atoms with Gasteiger partial charge in [0.1, 0.15) is 19.0 Å². The van der Waals surface area contributed by atoms with Crippen LogP contribution in [0, 0.1) is 18.3 Å². The molecule has 4 heterocycles. The van der Waals surface area contributed by atoms with Gasteiger partial charge in [0.05, 0.1) is 24.2 Å². The largest absolute Gasteiger partial charge is 0.462 e. The fourth-order valence-electron chi connectivity index (χ4n) is 7.41. The smallest absolute Gasteiger partial charge is 0.410 e. The van der Waals surface area contributed by atoms with E-state index in [4.69, 9.17) is 19.4 Å². The predicted molar refractivity (Wildman–Crippen MR) is 186 cm³/mol. The Hall–Kier alpha value is -4.88. The Kier molecular flexibility index (Phi) is 9.30. The molecule has 1 aromatic heterocycles. The van der Waals surface area contributed by atoms with Crippen molar-refractivity contribution in [2.24, 2.45) is 0 Å². The third-order valence-electron chi connectivity index (χ3n) is 10.1. The number of likely N-dealkylation sites (tertiary alicyclic amines) is 1. The van der Waals surface area contributed by atoms with Crippen LogP contribution in [-0.4, -0.2) is 84.3 Å². The number of hydrogen-bond acceptors (Lipinski definition) is 9. The second-order valence-electron chi connectivity index (χ2n) is 13.2. The summed E-state index contributed by atoms with van der Waals surface area (Å²) in [7, 11) is 2.14. The number of benzene rings is 3. The standard InChI is InChI=1S/C38H43N7O3/c1-27-9-6-12-29-13-7-15-34(35(27)29)43-20-17-33-32(24-43)36(41-37(40-33)47-26-31-14-8-19-42(31)2)44-21-22-45(30(23-44)16-18-39)38(46)48-25-28-10-4-3-5-11-28/h3-7,9-13,15,30-31H,8,14,16-17,19-26H2,1-2H3/t30-,31-/m0/s1. The van der Waals surface area contributed by atoms with Gasteiger partial charge in [0.15, 0.2) is 0 Å². The molecule has 3 aliphatic rings. The van der Waals surface area contributed by atoms with Gasteiger partial charge in [-0.1, -0.05) is 60.7 Å². The van der Waals surface area contributed by atoms with Crippen LogP contribution in [0.4, 0.5) is 16.3 Å². The van der Waals surface area contributed by atoms with Gasteiger partial charge >= 0.3 is 12.1 Å². The van der Waals surface area contributed by atoms with Crippen LogP contribution in [0.1, 0.15) is 41.6 Å². The molecular formula is C38H43N7O3. The normalized spacial score (nSPS) is 19.6. The number of aryl methyl sites for hydroxylation is 1. The lowest BCUT2D eigenvalue weighted by Crippen LogP contribution is -2.56. The first-order valence-electron chi connectivity index (χ1n) is 17.0. The van der Waals surface area contributed by atoms with Crippen LogP contribution in [0.2, 0.25) is 0 Å². The number of fused-ring (bicyclic) bond motifs is 2. The topological polar surface area (TPSA) is 98.1 Å². The van der Waals surface area contributed by atoms with Crippen molar-refractivity contribution in [2.75, 3.05) is 56.2 Å². The van der Waals surface area contributed by atoms with Crippen LogP contribution >= 0.6 is 0 Å². The number of rotatable bonds is 8. The third-order valence-corrected chi connectivity index (χ3v) is 10.1. The molecule has 0 radical (unpaired) electrons. The average molecular weight is 646 g/mol. The van der Waals surface area contributed by atoms with Gasteiger partial charge in [-0.2, -0.15) is 15.2 Å². The minimum Gasteiger partial charge on any atom is -0.462 e. The monoisotopic (exact) mass is 645 g/mol. The van der Waals surface area contributed by atoms with Crippen LogP contribution in [0.15, 0.2) is 66.7 Å². The highest BCUT2D eigenvalue weighted by Gasteiger charge is 2.35. The van der Waals surface area contributed by atoms with Crippen molar-refractivity contribution in [3.05, 3.63) is 89.1 Å². The molecule has 3 aliphatic heterocycles. The quantitative estimate of drug-likeness (QED) is 0.239. The molecule has 0 spiro atoms. The Bertz CT molecular complexity index is 1800. The number of aromatic nitrogens is 2. The summed E-state index contributed by atoms with van der Waals surface area (Å²) < 4.78 is 12.0. The van der Waals surface area contributed by atoms with Gasteiger partial charge in [0.2, 0.25) is 0 Å². The molecule has 2 atom stereocenters. The summed E-state index contributed by atoms with van der Waals surface area (Å²) in [5.74, 6) is 0.830. The lowest BCUT2D eigenvalue weighted by atomic mass is 9.99. The first-order valence-corrected chi connectivity index (χ1v) is 17.0. The molecule has 2 saturated heterocycles. The second kappa shape index (κ2) is 14.1. The van der Waals surface area contributed by atoms with E-state index < -0.39 is 6.09 Å². The molecule has 10 nitrogen and oxygen atoms in total. The number of carbonyl (C=O) groups is 1. The van der Waals surface area contributed by atoms with E-state index in [0.717, 1.165) is 48.6 Å². The van der Waals surface area contributed by atoms with E-state index in [1.165, 1.54) is 28.4 Å². The van der Waals surface area contributed by atoms with Gasteiger partial charge in [0, 0.05) is 61.8 Å². The average Bonchev–Trinajstić information content (AvgIpc) is 3.53. The Labute approximate surface area is 282 Å². The first kappa shape index (κ1) is 31.7. The summed E-state index contributed by atoms with van der Waals surface area (Å²) in [5.41, 5.74) is 5.47. The Morgan fingerprint density at radius 1 is 0.958 bits per heavy atom. The lowest BCUT2D eigenvalue weighted by molar-refractivity contribution is 0.0767. The zero-order chi connectivity index (χ0) is 33.0. The molecule has 0 aliphatic carbocycles. The first-order chi connectivity index (χ1) is 23.5. The summed E-state index contributed by atoms with van der Waals surface area (Å²) >= 11 is 0. The minimum atomic E-state index is -0.398. The third kappa shape index (κ3) is 6.60. The fraction of sp³-hybridized carbons (Fsp3) is 0.421. The lowest BCUT2D eigenvalue weighted by Gasteiger charge is -2.42. The highest BCUT2D eigenvalue weighted by Crippen LogP contribution is 2.36. The van der Waals surface area contributed by atoms with Crippen LogP contribution in [-0.2, 0) is 24.3 Å². The van der Waals surface area contributed by atoms with Gasteiger partial charge in [-0.25, -0.2) is 4.79 Å². The van der Waals surface area contributed by atoms with E-state index in [1.54, 1.807) is 4.90 Å². The number of anilines is 2. The summed E-state index contributed by atoms with van der Waals surface area (Å²) in [6, 6.07) is 25.3. The van der Waals surface area contributed by atoms with Crippen molar-refractivity contribution in [1.82, 2.24) is 19.8 Å². The van der Waals surface area contributed by atoms with E-state index in [9.17, 15) is 10.1 Å². The van der Waals surface area contributed by atoms with E-state index in [2.05, 4.69) is 71.1 Å². The zero-order valence-electron chi connectivity index (χ0n) is 27.8. The number of hydrogen-bond donors (Lipinski definition) is 0.